The zero-order chi connectivity index (χ0) is 15.4. The van der Waals surface area contributed by atoms with Gasteiger partial charge in [0.15, 0.2) is 11.4 Å². The van der Waals surface area contributed by atoms with Crippen LogP contribution >= 0.6 is 0 Å². The van der Waals surface area contributed by atoms with Gasteiger partial charge in [0.2, 0.25) is 0 Å². The summed E-state index contributed by atoms with van der Waals surface area (Å²) in [5.74, 6) is -0.138. The summed E-state index contributed by atoms with van der Waals surface area (Å²) in [4.78, 5) is 14.5. The predicted molar refractivity (Wildman–Crippen MR) is 80.8 cm³/mol. The number of nitrogens with zero attached hydrogens (tertiary/aromatic N) is 1. The van der Waals surface area contributed by atoms with Crippen LogP contribution in [0.3, 0.4) is 0 Å². The normalized spacial score (nSPS) is 33.0. The summed E-state index contributed by atoms with van der Waals surface area (Å²) in [6.45, 7) is 0.662. The van der Waals surface area contributed by atoms with Gasteiger partial charge >= 0.3 is 0 Å². The Hall–Kier alpha value is -1.85. The first-order chi connectivity index (χ1) is 10.6. The molecule has 0 N–H and O–H groups in total. The molecule has 116 valence electrons. The van der Waals surface area contributed by atoms with Crippen molar-refractivity contribution in [2.24, 2.45) is 0 Å². The summed E-state index contributed by atoms with van der Waals surface area (Å²) in [5, 5.41) is 0. The van der Waals surface area contributed by atoms with Gasteiger partial charge in [-0.25, -0.2) is 0 Å². The molecule has 2 atom stereocenters. The molecule has 1 fully saturated rings. The molecule has 22 heavy (non-hydrogen) atoms. The van der Waals surface area contributed by atoms with Crippen LogP contribution in [0, 0.1) is 0 Å². The summed E-state index contributed by atoms with van der Waals surface area (Å²) in [6, 6.07) is 5.63. The molecule has 3 aliphatic heterocycles. The SMILES string of the molecule is COc1ccc2c(c1)[C@]1(C=C[C@]3(CCCCO3)O1)C(=O)N2C. The van der Waals surface area contributed by atoms with Crippen LogP contribution in [0.15, 0.2) is 30.4 Å². The Morgan fingerprint density at radius 2 is 2.14 bits per heavy atom. The Bertz CT molecular complexity index is 663. The van der Waals surface area contributed by atoms with E-state index in [1.54, 1.807) is 19.1 Å². The molecule has 4 rings (SSSR count). The molecule has 1 amide bonds. The van der Waals surface area contributed by atoms with Crippen molar-refractivity contribution in [2.45, 2.75) is 30.7 Å². The second-order valence-electron chi connectivity index (χ2n) is 6.04. The van der Waals surface area contributed by atoms with E-state index in [2.05, 4.69) is 0 Å². The maximum atomic E-state index is 12.9. The third kappa shape index (κ3) is 1.69. The number of amides is 1. The molecule has 1 aromatic rings. The van der Waals surface area contributed by atoms with Crippen molar-refractivity contribution >= 4 is 11.6 Å². The van der Waals surface area contributed by atoms with Crippen LogP contribution < -0.4 is 9.64 Å². The van der Waals surface area contributed by atoms with E-state index in [0.717, 1.165) is 30.5 Å². The van der Waals surface area contributed by atoms with E-state index >= 15 is 0 Å². The van der Waals surface area contributed by atoms with Crippen molar-refractivity contribution in [1.82, 2.24) is 0 Å². The van der Waals surface area contributed by atoms with Crippen LogP contribution in [0.4, 0.5) is 5.69 Å². The highest BCUT2D eigenvalue weighted by atomic mass is 16.7. The Kier molecular flexibility index (Phi) is 2.86. The lowest BCUT2D eigenvalue weighted by atomic mass is 9.95. The van der Waals surface area contributed by atoms with Crippen molar-refractivity contribution in [3.63, 3.8) is 0 Å². The summed E-state index contributed by atoms with van der Waals surface area (Å²) >= 11 is 0. The number of likely N-dealkylation sites (N-methyl/N-ethyl adjacent to an activating group) is 1. The van der Waals surface area contributed by atoms with Crippen molar-refractivity contribution in [1.29, 1.82) is 0 Å². The molecule has 2 spiro atoms. The number of benzene rings is 1. The molecule has 0 aliphatic carbocycles. The van der Waals surface area contributed by atoms with Crippen LogP contribution in [0.25, 0.3) is 0 Å². The summed E-state index contributed by atoms with van der Waals surface area (Å²) in [7, 11) is 3.39. The molecular weight excluding hydrogens is 282 g/mol. The molecule has 1 aromatic carbocycles. The molecule has 3 heterocycles. The third-order valence-electron chi connectivity index (χ3n) is 4.76. The number of anilines is 1. The van der Waals surface area contributed by atoms with Crippen molar-refractivity contribution in [3.05, 3.63) is 35.9 Å². The molecule has 0 aromatic heterocycles. The highest BCUT2D eigenvalue weighted by Crippen LogP contribution is 2.51. The summed E-state index contributed by atoms with van der Waals surface area (Å²) < 4.78 is 17.4. The average molecular weight is 301 g/mol. The molecule has 1 saturated heterocycles. The van der Waals surface area contributed by atoms with Gasteiger partial charge in [0.25, 0.3) is 5.91 Å². The van der Waals surface area contributed by atoms with Crippen LogP contribution in [0.1, 0.15) is 24.8 Å². The Morgan fingerprint density at radius 3 is 2.86 bits per heavy atom. The number of carbonyl (C=O) groups is 1. The first-order valence-electron chi connectivity index (χ1n) is 7.61. The van der Waals surface area contributed by atoms with Gasteiger partial charge in [0.05, 0.1) is 19.4 Å². The van der Waals surface area contributed by atoms with E-state index in [9.17, 15) is 4.79 Å². The second kappa shape index (κ2) is 4.57. The van der Waals surface area contributed by atoms with Gasteiger partial charge in [-0.15, -0.1) is 0 Å². The van der Waals surface area contributed by atoms with Crippen LogP contribution in [-0.4, -0.2) is 32.5 Å². The fourth-order valence-electron chi connectivity index (χ4n) is 3.55. The van der Waals surface area contributed by atoms with E-state index in [1.165, 1.54) is 0 Å². The number of methoxy groups -OCH3 is 1. The van der Waals surface area contributed by atoms with Crippen LogP contribution in [0.5, 0.6) is 5.75 Å². The van der Waals surface area contributed by atoms with Gasteiger partial charge in [0, 0.05) is 19.0 Å². The Morgan fingerprint density at radius 1 is 1.27 bits per heavy atom. The standard InChI is InChI=1S/C17H19NO4/c1-18-14-6-5-12(20-2)11-13(14)17(15(18)19)9-8-16(22-17)7-3-4-10-21-16/h5-6,8-9,11H,3-4,7,10H2,1-2H3/t16-,17+/m0/s1. The molecule has 0 saturated carbocycles. The lowest BCUT2D eigenvalue weighted by Gasteiger charge is -2.35. The fourth-order valence-corrected chi connectivity index (χ4v) is 3.55. The van der Waals surface area contributed by atoms with Crippen LogP contribution in [0.2, 0.25) is 0 Å². The highest BCUT2D eigenvalue weighted by Gasteiger charge is 2.57. The number of fused-ring (bicyclic) bond motifs is 2. The minimum atomic E-state index is -1.09. The van der Waals surface area contributed by atoms with Gasteiger partial charge in [-0.1, -0.05) is 0 Å². The minimum absolute atomic E-state index is 0.0851. The number of hydrogen-bond donors (Lipinski definition) is 0. The summed E-state index contributed by atoms with van der Waals surface area (Å²) in [5.41, 5.74) is 0.584. The lowest BCUT2D eigenvalue weighted by Crippen LogP contribution is -2.44. The topological polar surface area (TPSA) is 48.0 Å². The van der Waals surface area contributed by atoms with E-state index < -0.39 is 11.4 Å². The lowest BCUT2D eigenvalue weighted by molar-refractivity contribution is -0.249. The Balaban J connectivity index is 1.80. The van der Waals surface area contributed by atoms with Gasteiger partial charge in [-0.3, -0.25) is 4.79 Å². The number of hydrogen-bond acceptors (Lipinski definition) is 4. The van der Waals surface area contributed by atoms with Crippen LogP contribution in [-0.2, 0) is 19.9 Å². The van der Waals surface area contributed by atoms with E-state index in [4.69, 9.17) is 14.2 Å². The summed E-state index contributed by atoms with van der Waals surface area (Å²) in [6.07, 6.45) is 6.61. The van der Waals surface area contributed by atoms with Gasteiger partial charge in [0.1, 0.15) is 5.75 Å². The smallest absolute Gasteiger partial charge is 0.267 e. The maximum absolute atomic E-state index is 12.9. The maximum Gasteiger partial charge on any atom is 0.267 e. The van der Waals surface area contributed by atoms with E-state index in [-0.39, 0.29) is 5.91 Å². The minimum Gasteiger partial charge on any atom is -0.497 e. The first-order valence-corrected chi connectivity index (χ1v) is 7.61. The molecular formula is C17H19NO4. The number of carbonyl (C=O) groups excluding carboxylic acids is 1. The fraction of sp³-hybridized carbons (Fsp3) is 0.471. The van der Waals surface area contributed by atoms with Crippen molar-refractivity contribution in [2.75, 3.05) is 25.7 Å². The first kappa shape index (κ1) is 13.8. The molecule has 5 nitrogen and oxygen atoms in total. The van der Waals surface area contributed by atoms with E-state index in [0.29, 0.717) is 12.4 Å². The predicted octanol–water partition coefficient (Wildman–Crippen LogP) is 2.35. The Labute approximate surface area is 129 Å². The number of rotatable bonds is 1. The highest BCUT2D eigenvalue weighted by molar-refractivity contribution is 6.08. The largest absolute Gasteiger partial charge is 0.497 e. The molecule has 0 radical (unpaired) electrons. The van der Waals surface area contributed by atoms with Gasteiger partial charge in [-0.2, -0.15) is 0 Å². The van der Waals surface area contributed by atoms with Gasteiger partial charge < -0.3 is 19.1 Å². The monoisotopic (exact) mass is 301 g/mol. The zero-order valence-corrected chi connectivity index (χ0v) is 12.8. The molecule has 0 bridgehead atoms. The molecule has 0 unspecified atom stereocenters. The number of ether oxygens (including phenoxy) is 3. The van der Waals surface area contributed by atoms with Crippen molar-refractivity contribution in [3.8, 4) is 5.75 Å². The average Bonchev–Trinajstić information content (AvgIpc) is 3.01. The van der Waals surface area contributed by atoms with Gasteiger partial charge in [-0.05, 0) is 43.2 Å². The quantitative estimate of drug-likeness (QED) is 0.747. The molecule has 5 heteroatoms. The third-order valence-corrected chi connectivity index (χ3v) is 4.76. The molecule has 3 aliphatic rings. The van der Waals surface area contributed by atoms with Crippen molar-refractivity contribution < 1.29 is 19.0 Å². The van der Waals surface area contributed by atoms with E-state index in [1.807, 2.05) is 30.4 Å². The second-order valence-corrected chi connectivity index (χ2v) is 6.04. The zero-order valence-electron chi connectivity index (χ0n) is 12.8.